The maximum Gasteiger partial charge on any atom is 0.195 e. The van der Waals surface area contributed by atoms with Gasteiger partial charge in [0.05, 0.1) is 12.8 Å². The lowest BCUT2D eigenvalue weighted by Crippen LogP contribution is -2.33. The van der Waals surface area contributed by atoms with E-state index in [0.29, 0.717) is 5.92 Å². The first-order chi connectivity index (χ1) is 13.7. The maximum atomic E-state index is 5.42. The highest BCUT2D eigenvalue weighted by Gasteiger charge is 2.27. The number of benzene rings is 1. The fourth-order valence-corrected chi connectivity index (χ4v) is 5.24. The van der Waals surface area contributed by atoms with E-state index in [1.807, 2.05) is 23.5 Å². The molecule has 0 unspecified atom stereocenters. The molecule has 3 aromatic rings. The van der Waals surface area contributed by atoms with Crippen molar-refractivity contribution in [2.75, 3.05) is 26.5 Å². The molecule has 0 bridgehead atoms. The number of hydrogen-bond donors (Lipinski definition) is 0. The molecule has 0 atom stereocenters. The molecule has 1 fully saturated rings. The summed E-state index contributed by atoms with van der Waals surface area (Å²) in [5.41, 5.74) is 2.48. The van der Waals surface area contributed by atoms with Crippen LogP contribution in [0.2, 0.25) is 0 Å². The first-order valence-corrected chi connectivity index (χ1v) is 11.7. The zero-order chi connectivity index (χ0) is 19.5. The number of ether oxygens (including phenoxy) is 1. The maximum absolute atomic E-state index is 5.42. The molecule has 1 aliphatic heterocycles. The minimum atomic E-state index is 0.431. The first-order valence-electron chi connectivity index (χ1n) is 9.58. The van der Waals surface area contributed by atoms with Gasteiger partial charge in [-0.15, -0.1) is 21.5 Å². The quantitative estimate of drug-likeness (QED) is 0.545. The van der Waals surface area contributed by atoms with Crippen LogP contribution in [0.4, 0.5) is 0 Å². The summed E-state index contributed by atoms with van der Waals surface area (Å²) >= 11 is 3.50. The summed E-state index contributed by atoms with van der Waals surface area (Å²) in [4.78, 5) is 4.06. The Morgan fingerprint density at radius 2 is 2.04 bits per heavy atom. The third-order valence-electron chi connectivity index (χ3n) is 5.44. The van der Waals surface area contributed by atoms with E-state index in [0.717, 1.165) is 54.9 Å². The Morgan fingerprint density at radius 3 is 2.71 bits per heavy atom. The molecule has 0 aliphatic carbocycles. The number of thiophene rings is 1. The fourth-order valence-electron chi connectivity index (χ4n) is 3.79. The van der Waals surface area contributed by atoms with E-state index in [2.05, 4.69) is 56.4 Å². The van der Waals surface area contributed by atoms with Crippen molar-refractivity contribution in [2.24, 2.45) is 0 Å². The van der Waals surface area contributed by atoms with Crippen LogP contribution in [0.3, 0.4) is 0 Å². The summed E-state index contributed by atoms with van der Waals surface area (Å²) in [6.45, 7) is 5.47. The summed E-state index contributed by atoms with van der Waals surface area (Å²) in [6, 6.07) is 10.4. The minimum absolute atomic E-state index is 0.431. The molecule has 1 aliphatic rings. The lowest BCUT2D eigenvalue weighted by molar-refractivity contribution is 0.202. The monoisotopic (exact) mass is 414 g/mol. The molecule has 4 rings (SSSR count). The molecule has 28 heavy (non-hydrogen) atoms. The molecule has 0 N–H and O–H groups in total. The van der Waals surface area contributed by atoms with Crippen LogP contribution in [-0.2, 0) is 6.54 Å². The highest BCUT2D eigenvalue weighted by molar-refractivity contribution is 7.98. The molecule has 5 nitrogen and oxygen atoms in total. The van der Waals surface area contributed by atoms with Crippen LogP contribution in [0.5, 0.6) is 5.75 Å². The van der Waals surface area contributed by atoms with Crippen molar-refractivity contribution in [1.82, 2.24) is 19.7 Å². The van der Waals surface area contributed by atoms with Gasteiger partial charge in [-0.25, -0.2) is 0 Å². The molecular weight excluding hydrogens is 388 g/mol. The predicted octanol–water partition coefficient (Wildman–Crippen LogP) is 4.75. The van der Waals surface area contributed by atoms with Crippen LogP contribution in [0, 0.1) is 6.92 Å². The Bertz CT molecular complexity index is 928. The van der Waals surface area contributed by atoms with Gasteiger partial charge >= 0.3 is 0 Å². The van der Waals surface area contributed by atoms with E-state index >= 15 is 0 Å². The Kier molecular flexibility index (Phi) is 6.04. The Balaban J connectivity index is 1.52. The van der Waals surface area contributed by atoms with Gasteiger partial charge in [0.15, 0.2) is 5.16 Å². The van der Waals surface area contributed by atoms with Crippen LogP contribution >= 0.6 is 23.1 Å². The van der Waals surface area contributed by atoms with E-state index in [9.17, 15) is 0 Å². The van der Waals surface area contributed by atoms with Crippen molar-refractivity contribution >= 4 is 23.1 Å². The second-order valence-electron chi connectivity index (χ2n) is 7.16. The van der Waals surface area contributed by atoms with Gasteiger partial charge in [-0.1, -0.05) is 17.8 Å². The van der Waals surface area contributed by atoms with E-state index in [1.54, 1.807) is 18.9 Å². The van der Waals surface area contributed by atoms with Crippen LogP contribution < -0.4 is 4.74 Å². The summed E-state index contributed by atoms with van der Waals surface area (Å²) in [5.74, 6) is 2.36. The lowest BCUT2D eigenvalue weighted by atomic mass is 9.95. The van der Waals surface area contributed by atoms with Gasteiger partial charge in [0.1, 0.15) is 11.6 Å². The van der Waals surface area contributed by atoms with Crippen LogP contribution in [0.25, 0.3) is 5.69 Å². The first kappa shape index (κ1) is 19.5. The van der Waals surface area contributed by atoms with E-state index < -0.39 is 0 Å². The zero-order valence-electron chi connectivity index (χ0n) is 16.6. The predicted molar refractivity (Wildman–Crippen MR) is 116 cm³/mol. The molecule has 0 saturated carbocycles. The van der Waals surface area contributed by atoms with Gasteiger partial charge in [0, 0.05) is 23.4 Å². The second kappa shape index (κ2) is 8.68. The van der Waals surface area contributed by atoms with Crippen LogP contribution in [-0.4, -0.2) is 46.1 Å². The Morgan fingerprint density at radius 1 is 1.21 bits per heavy atom. The number of nitrogens with zero attached hydrogens (tertiary/aromatic N) is 4. The normalized spacial score (nSPS) is 15.8. The largest absolute Gasteiger partial charge is 0.497 e. The number of thioether (sulfide) groups is 1. The number of hydrogen-bond acceptors (Lipinski definition) is 6. The number of rotatable bonds is 6. The number of piperidine rings is 1. The van der Waals surface area contributed by atoms with Gasteiger partial charge in [-0.3, -0.25) is 9.47 Å². The molecule has 148 valence electrons. The van der Waals surface area contributed by atoms with E-state index in [-0.39, 0.29) is 0 Å². The molecule has 1 saturated heterocycles. The third kappa shape index (κ3) is 3.97. The smallest absolute Gasteiger partial charge is 0.195 e. The molecule has 0 amide bonds. The highest BCUT2D eigenvalue weighted by atomic mass is 32.2. The number of aryl methyl sites for hydroxylation is 1. The van der Waals surface area contributed by atoms with Crippen molar-refractivity contribution in [3.05, 3.63) is 52.0 Å². The van der Waals surface area contributed by atoms with Crippen molar-refractivity contribution in [3.8, 4) is 11.4 Å². The van der Waals surface area contributed by atoms with Gasteiger partial charge < -0.3 is 4.74 Å². The summed E-state index contributed by atoms with van der Waals surface area (Å²) in [7, 11) is 1.70. The third-order valence-corrected chi connectivity index (χ3v) is 7.08. The van der Waals surface area contributed by atoms with Crippen LogP contribution in [0.15, 0.2) is 40.9 Å². The summed E-state index contributed by atoms with van der Waals surface area (Å²) in [6.07, 6.45) is 4.28. The molecule has 3 heterocycles. The summed E-state index contributed by atoms with van der Waals surface area (Å²) in [5, 5.41) is 12.2. The minimum Gasteiger partial charge on any atom is -0.497 e. The van der Waals surface area contributed by atoms with Crippen molar-refractivity contribution in [3.63, 3.8) is 0 Å². The molecule has 7 heteroatoms. The van der Waals surface area contributed by atoms with Gasteiger partial charge in [-0.05, 0) is 68.3 Å². The topological polar surface area (TPSA) is 43.2 Å². The molecule has 2 aromatic heterocycles. The number of likely N-dealkylation sites (tertiary alicyclic amines) is 1. The highest BCUT2D eigenvalue weighted by Crippen LogP contribution is 2.33. The van der Waals surface area contributed by atoms with Gasteiger partial charge in [0.25, 0.3) is 0 Å². The average molecular weight is 415 g/mol. The lowest BCUT2D eigenvalue weighted by Gasteiger charge is -2.31. The standard InChI is InChI=1S/C21H26N4OS2/c1-15-9-12-28-19(15)14-24-10-7-16(8-11-24)20-22-23-21(27-3)25(20)17-5-4-6-18(13-17)26-2/h4-6,9,12-13,16H,7-8,10-11,14H2,1-3H3. The van der Waals surface area contributed by atoms with Gasteiger partial charge in [0.2, 0.25) is 0 Å². The van der Waals surface area contributed by atoms with E-state index in [1.165, 1.54) is 10.4 Å². The SMILES string of the molecule is COc1cccc(-n2c(SC)nnc2C2CCN(Cc3sccc3C)CC2)c1. The number of aromatic nitrogens is 3. The molecule has 1 aromatic carbocycles. The van der Waals surface area contributed by atoms with E-state index in [4.69, 9.17) is 4.74 Å². The number of methoxy groups -OCH3 is 1. The fraction of sp³-hybridized carbons (Fsp3) is 0.429. The van der Waals surface area contributed by atoms with Crippen molar-refractivity contribution in [1.29, 1.82) is 0 Å². The molecule has 0 spiro atoms. The molecular formula is C21H26N4OS2. The summed E-state index contributed by atoms with van der Waals surface area (Å²) < 4.78 is 7.62. The second-order valence-corrected chi connectivity index (χ2v) is 8.93. The molecule has 0 radical (unpaired) electrons. The van der Waals surface area contributed by atoms with Crippen LogP contribution in [0.1, 0.15) is 35.0 Å². The van der Waals surface area contributed by atoms with Crippen molar-refractivity contribution in [2.45, 2.75) is 37.4 Å². The Labute approximate surface area is 174 Å². The van der Waals surface area contributed by atoms with Crippen molar-refractivity contribution < 1.29 is 4.74 Å². The Hall–Kier alpha value is -1.83. The zero-order valence-corrected chi connectivity index (χ0v) is 18.2. The average Bonchev–Trinajstić information content (AvgIpc) is 3.35. The van der Waals surface area contributed by atoms with Gasteiger partial charge in [-0.2, -0.15) is 0 Å².